The molecule has 0 aromatic heterocycles. The van der Waals surface area contributed by atoms with Gasteiger partial charge in [-0.2, -0.15) is 0 Å². The SMILES string of the molecule is CC1=CC(C)CC(C(C(=O)O)N2CCCCCC2)C1. The summed E-state index contributed by atoms with van der Waals surface area (Å²) in [5, 5.41) is 9.68. The lowest BCUT2D eigenvalue weighted by Crippen LogP contribution is -2.47. The Kier molecular flexibility index (Phi) is 5.03. The van der Waals surface area contributed by atoms with Gasteiger partial charge in [-0.3, -0.25) is 9.69 Å². The summed E-state index contributed by atoms with van der Waals surface area (Å²) in [6.07, 6.45) is 9.09. The Morgan fingerprint density at radius 2 is 1.95 bits per heavy atom. The molecule has 0 bridgehead atoms. The van der Waals surface area contributed by atoms with Gasteiger partial charge in [-0.25, -0.2) is 0 Å². The molecule has 3 atom stereocenters. The summed E-state index contributed by atoms with van der Waals surface area (Å²) < 4.78 is 0. The van der Waals surface area contributed by atoms with Crippen molar-refractivity contribution in [2.24, 2.45) is 11.8 Å². The maximum atomic E-state index is 11.8. The van der Waals surface area contributed by atoms with Gasteiger partial charge >= 0.3 is 5.97 Å². The van der Waals surface area contributed by atoms with Gasteiger partial charge in [0.2, 0.25) is 0 Å². The van der Waals surface area contributed by atoms with Gasteiger partial charge in [-0.15, -0.1) is 0 Å². The predicted molar refractivity (Wildman–Crippen MR) is 77.1 cm³/mol. The third kappa shape index (κ3) is 3.82. The van der Waals surface area contributed by atoms with Gasteiger partial charge in [-0.1, -0.05) is 31.4 Å². The Morgan fingerprint density at radius 1 is 1.32 bits per heavy atom. The molecule has 1 saturated heterocycles. The molecular formula is C16H27NO2. The van der Waals surface area contributed by atoms with Crippen LogP contribution in [0.2, 0.25) is 0 Å². The van der Waals surface area contributed by atoms with Crippen molar-refractivity contribution in [2.75, 3.05) is 13.1 Å². The van der Waals surface area contributed by atoms with Crippen LogP contribution in [0.1, 0.15) is 52.4 Å². The average Bonchev–Trinajstić information content (AvgIpc) is 2.56. The Hall–Kier alpha value is -0.830. The van der Waals surface area contributed by atoms with Crippen LogP contribution in [0, 0.1) is 11.8 Å². The first-order valence-electron chi connectivity index (χ1n) is 7.72. The van der Waals surface area contributed by atoms with E-state index in [-0.39, 0.29) is 12.0 Å². The van der Waals surface area contributed by atoms with E-state index in [0.717, 1.165) is 38.8 Å². The number of carboxylic acid groups (broad SMARTS) is 1. The molecule has 2 rings (SSSR count). The first kappa shape index (κ1) is 14.6. The summed E-state index contributed by atoms with van der Waals surface area (Å²) in [5.41, 5.74) is 1.37. The Bertz CT molecular complexity index is 343. The second-order valence-corrected chi connectivity index (χ2v) is 6.42. The Morgan fingerprint density at radius 3 is 2.47 bits per heavy atom. The van der Waals surface area contributed by atoms with Crippen molar-refractivity contribution < 1.29 is 9.90 Å². The van der Waals surface area contributed by atoms with E-state index in [1.54, 1.807) is 0 Å². The van der Waals surface area contributed by atoms with Crippen LogP contribution in [0.15, 0.2) is 11.6 Å². The van der Waals surface area contributed by atoms with Crippen molar-refractivity contribution in [3.63, 3.8) is 0 Å². The topological polar surface area (TPSA) is 40.5 Å². The number of carboxylic acids is 1. The van der Waals surface area contributed by atoms with E-state index in [4.69, 9.17) is 0 Å². The first-order valence-corrected chi connectivity index (χ1v) is 7.72. The number of allylic oxidation sites excluding steroid dienone is 2. The second-order valence-electron chi connectivity index (χ2n) is 6.42. The number of nitrogens with zero attached hydrogens (tertiary/aromatic N) is 1. The van der Waals surface area contributed by atoms with E-state index in [1.807, 2.05) is 0 Å². The number of likely N-dealkylation sites (tertiary alicyclic amines) is 1. The highest BCUT2D eigenvalue weighted by atomic mass is 16.4. The zero-order valence-electron chi connectivity index (χ0n) is 12.3. The van der Waals surface area contributed by atoms with Gasteiger partial charge in [0.1, 0.15) is 6.04 Å². The number of hydrogen-bond acceptors (Lipinski definition) is 2. The van der Waals surface area contributed by atoms with Crippen LogP contribution in [0.25, 0.3) is 0 Å². The minimum atomic E-state index is -0.617. The first-order chi connectivity index (χ1) is 9.08. The van der Waals surface area contributed by atoms with Crippen molar-refractivity contribution in [1.82, 2.24) is 4.90 Å². The average molecular weight is 265 g/mol. The number of hydrogen-bond donors (Lipinski definition) is 1. The zero-order chi connectivity index (χ0) is 13.8. The van der Waals surface area contributed by atoms with E-state index in [0.29, 0.717) is 5.92 Å². The molecule has 3 heteroatoms. The van der Waals surface area contributed by atoms with Crippen LogP contribution >= 0.6 is 0 Å². The van der Waals surface area contributed by atoms with Crippen molar-refractivity contribution in [1.29, 1.82) is 0 Å². The third-order valence-corrected chi connectivity index (χ3v) is 4.56. The Balaban J connectivity index is 2.11. The predicted octanol–water partition coefficient (Wildman–Crippen LogP) is 3.31. The lowest BCUT2D eigenvalue weighted by atomic mass is 9.79. The molecule has 0 aromatic rings. The monoisotopic (exact) mass is 265 g/mol. The summed E-state index contributed by atoms with van der Waals surface area (Å²) in [4.78, 5) is 14.0. The van der Waals surface area contributed by atoms with Gasteiger partial charge in [0.15, 0.2) is 0 Å². The molecule has 1 heterocycles. The molecule has 0 aromatic carbocycles. The normalized spacial score (nSPS) is 31.4. The van der Waals surface area contributed by atoms with E-state index in [9.17, 15) is 9.90 Å². The van der Waals surface area contributed by atoms with Gasteiger partial charge in [-0.05, 0) is 57.5 Å². The molecule has 3 unspecified atom stereocenters. The smallest absolute Gasteiger partial charge is 0.321 e. The quantitative estimate of drug-likeness (QED) is 0.796. The van der Waals surface area contributed by atoms with E-state index in [2.05, 4.69) is 24.8 Å². The summed E-state index contributed by atoms with van der Waals surface area (Å²) in [6.45, 7) is 6.27. The van der Waals surface area contributed by atoms with Crippen LogP contribution in [-0.2, 0) is 4.79 Å². The standard InChI is InChI=1S/C16H27NO2/c1-12-9-13(2)11-14(10-12)15(16(18)19)17-7-5-3-4-6-8-17/h9,12,14-15H,3-8,10-11H2,1-2H3,(H,18,19). The molecule has 0 saturated carbocycles. The molecule has 0 amide bonds. The minimum Gasteiger partial charge on any atom is -0.480 e. The molecule has 1 N–H and O–H groups in total. The van der Waals surface area contributed by atoms with E-state index in [1.165, 1.54) is 18.4 Å². The number of carbonyl (C=O) groups is 1. The maximum Gasteiger partial charge on any atom is 0.321 e. The van der Waals surface area contributed by atoms with E-state index < -0.39 is 5.97 Å². The van der Waals surface area contributed by atoms with Crippen molar-refractivity contribution in [2.45, 2.75) is 58.4 Å². The van der Waals surface area contributed by atoms with Crippen molar-refractivity contribution in [3.05, 3.63) is 11.6 Å². The molecule has 3 nitrogen and oxygen atoms in total. The van der Waals surface area contributed by atoms with Crippen molar-refractivity contribution >= 4 is 5.97 Å². The lowest BCUT2D eigenvalue weighted by molar-refractivity contribution is -0.146. The molecule has 108 valence electrons. The molecule has 0 spiro atoms. The minimum absolute atomic E-state index is 0.274. The third-order valence-electron chi connectivity index (χ3n) is 4.56. The second kappa shape index (κ2) is 6.56. The van der Waals surface area contributed by atoms with Crippen LogP contribution in [0.5, 0.6) is 0 Å². The number of aliphatic carboxylic acids is 1. The molecule has 1 aliphatic carbocycles. The maximum absolute atomic E-state index is 11.8. The molecular weight excluding hydrogens is 238 g/mol. The Labute approximate surface area is 116 Å². The van der Waals surface area contributed by atoms with Gasteiger partial charge in [0.05, 0.1) is 0 Å². The van der Waals surface area contributed by atoms with Crippen LogP contribution in [0.4, 0.5) is 0 Å². The van der Waals surface area contributed by atoms with Gasteiger partial charge in [0.25, 0.3) is 0 Å². The fourth-order valence-electron chi connectivity index (χ4n) is 3.87. The molecule has 19 heavy (non-hydrogen) atoms. The van der Waals surface area contributed by atoms with Crippen LogP contribution in [0.3, 0.4) is 0 Å². The van der Waals surface area contributed by atoms with Crippen LogP contribution in [-0.4, -0.2) is 35.1 Å². The zero-order valence-corrected chi connectivity index (χ0v) is 12.3. The van der Waals surface area contributed by atoms with Crippen LogP contribution < -0.4 is 0 Å². The summed E-state index contributed by atoms with van der Waals surface area (Å²) in [5.74, 6) is 0.192. The van der Waals surface area contributed by atoms with Crippen molar-refractivity contribution in [3.8, 4) is 0 Å². The summed E-state index contributed by atoms with van der Waals surface area (Å²) >= 11 is 0. The fourth-order valence-corrected chi connectivity index (χ4v) is 3.87. The summed E-state index contributed by atoms with van der Waals surface area (Å²) in [7, 11) is 0. The molecule has 1 aliphatic heterocycles. The highest BCUT2D eigenvalue weighted by Gasteiger charge is 2.35. The van der Waals surface area contributed by atoms with Gasteiger partial charge < -0.3 is 5.11 Å². The highest BCUT2D eigenvalue weighted by Crippen LogP contribution is 2.33. The summed E-state index contributed by atoms with van der Waals surface area (Å²) in [6, 6.07) is -0.274. The highest BCUT2D eigenvalue weighted by molar-refractivity contribution is 5.74. The number of rotatable bonds is 3. The molecule has 1 fully saturated rings. The molecule has 0 radical (unpaired) electrons. The van der Waals surface area contributed by atoms with E-state index >= 15 is 0 Å². The lowest BCUT2D eigenvalue weighted by Gasteiger charge is -2.36. The largest absolute Gasteiger partial charge is 0.480 e. The van der Waals surface area contributed by atoms with Gasteiger partial charge in [0, 0.05) is 0 Å². The molecule has 2 aliphatic rings. The fraction of sp³-hybridized carbons (Fsp3) is 0.812.